The highest BCUT2D eigenvalue weighted by molar-refractivity contribution is 6.24. The highest BCUT2D eigenvalue weighted by atomic mass is 15.0. The molecule has 0 aliphatic carbocycles. The summed E-state index contributed by atoms with van der Waals surface area (Å²) < 4.78 is 0. The van der Waals surface area contributed by atoms with Gasteiger partial charge >= 0.3 is 0 Å². The highest BCUT2D eigenvalue weighted by Gasteiger charge is 2.22. The third-order valence-corrected chi connectivity index (χ3v) is 13.1. The van der Waals surface area contributed by atoms with Crippen LogP contribution in [0.25, 0.3) is 134 Å². The Morgan fingerprint density at radius 3 is 1.06 bits per heavy atom. The minimum Gasteiger partial charge on any atom is -0.208 e. The van der Waals surface area contributed by atoms with E-state index < -0.39 is 0 Å². The van der Waals surface area contributed by atoms with Gasteiger partial charge in [0.1, 0.15) is 0 Å². The Morgan fingerprint density at radius 1 is 0.186 bits per heavy atom. The standard InChI is InChI=1S/C64H40N6/c1-5-20-43(21-6-1)59-65-60(44-22-7-2-8-23-44)68-63(67-59)49-35-37-54-55(39-49)57(48-33-32-41-18-13-14-28-47(41)38-48)53-36-34-50(40-56(53)58(54)52-31-17-29-42-19-15-16-30-51(42)52)64-69-61(45-24-9-3-10-25-45)66-62(70-64)46-26-11-4-12-27-46/h1-40H. The number of aromatic nitrogens is 6. The molecule has 0 saturated heterocycles. The lowest BCUT2D eigenvalue weighted by Gasteiger charge is -2.20. The van der Waals surface area contributed by atoms with Gasteiger partial charge in [-0.2, -0.15) is 0 Å². The summed E-state index contributed by atoms with van der Waals surface area (Å²) >= 11 is 0. The first-order valence-electron chi connectivity index (χ1n) is 23.4. The van der Waals surface area contributed by atoms with Crippen molar-refractivity contribution in [2.24, 2.45) is 0 Å². The van der Waals surface area contributed by atoms with Crippen LogP contribution < -0.4 is 0 Å². The summed E-state index contributed by atoms with van der Waals surface area (Å²) in [4.78, 5) is 30.8. The van der Waals surface area contributed by atoms with Gasteiger partial charge in [0, 0.05) is 33.4 Å². The van der Waals surface area contributed by atoms with E-state index in [0.29, 0.717) is 34.9 Å². The molecule has 0 aliphatic heterocycles. The smallest absolute Gasteiger partial charge is 0.164 e. The van der Waals surface area contributed by atoms with Crippen LogP contribution in [0.5, 0.6) is 0 Å². The van der Waals surface area contributed by atoms with Crippen LogP contribution in [0.4, 0.5) is 0 Å². The summed E-state index contributed by atoms with van der Waals surface area (Å²) in [5.74, 6) is 3.66. The molecule has 0 bridgehead atoms. The van der Waals surface area contributed by atoms with E-state index in [0.717, 1.165) is 93.3 Å². The van der Waals surface area contributed by atoms with Gasteiger partial charge < -0.3 is 0 Å². The molecule has 6 nitrogen and oxygen atoms in total. The Morgan fingerprint density at radius 2 is 0.557 bits per heavy atom. The van der Waals surface area contributed by atoms with Gasteiger partial charge in [-0.15, -0.1) is 0 Å². The second-order valence-electron chi connectivity index (χ2n) is 17.4. The van der Waals surface area contributed by atoms with Crippen LogP contribution in [0, 0.1) is 0 Å². The normalized spacial score (nSPS) is 11.4. The summed E-state index contributed by atoms with van der Waals surface area (Å²) in [5, 5.41) is 9.03. The summed E-state index contributed by atoms with van der Waals surface area (Å²) in [6.07, 6.45) is 0. The molecule has 13 aromatic rings. The molecule has 2 heterocycles. The first-order chi connectivity index (χ1) is 34.7. The van der Waals surface area contributed by atoms with Crippen molar-refractivity contribution < 1.29 is 0 Å². The fourth-order valence-electron chi connectivity index (χ4n) is 9.77. The maximum atomic E-state index is 5.20. The van der Waals surface area contributed by atoms with Gasteiger partial charge in [-0.25, -0.2) is 29.9 Å². The third-order valence-electron chi connectivity index (χ3n) is 13.1. The van der Waals surface area contributed by atoms with E-state index in [4.69, 9.17) is 29.9 Å². The number of hydrogen-bond donors (Lipinski definition) is 0. The number of nitrogens with zero attached hydrogens (tertiary/aromatic N) is 6. The van der Waals surface area contributed by atoms with Crippen molar-refractivity contribution >= 4 is 43.1 Å². The quantitative estimate of drug-likeness (QED) is 0.141. The molecule has 6 heteroatoms. The molecular weight excluding hydrogens is 853 g/mol. The molecule has 0 unspecified atom stereocenters. The Balaban J connectivity index is 1.13. The first kappa shape index (κ1) is 40.7. The van der Waals surface area contributed by atoms with Crippen molar-refractivity contribution in [3.63, 3.8) is 0 Å². The van der Waals surface area contributed by atoms with Gasteiger partial charge in [0.05, 0.1) is 0 Å². The van der Waals surface area contributed by atoms with Crippen LogP contribution in [-0.2, 0) is 0 Å². The Hall–Kier alpha value is -9.52. The van der Waals surface area contributed by atoms with Gasteiger partial charge in [0.25, 0.3) is 0 Å². The molecule has 0 atom stereocenters. The van der Waals surface area contributed by atoms with Crippen molar-refractivity contribution in [2.75, 3.05) is 0 Å². The van der Waals surface area contributed by atoms with E-state index in [1.54, 1.807) is 0 Å². The van der Waals surface area contributed by atoms with Gasteiger partial charge in [-0.05, 0) is 83.5 Å². The summed E-state index contributed by atoms with van der Waals surface area (Å²) in [7, 11) is 0. The summed E-state index contributed by atoms with van der Waals surface area (Å²) in [5.41, 5.74) is 9.92. The fraction of sp³-hybridized carbons (Fsp3) is 0. The van der Waals surface area contributed by atoms with Crippen LogP contribution in [0.2, 0.25) is 0 Å². The number of fused-ring (bicyclic) bond motifs is 4. The molecule has 0 amide bonds. The zero-order valence-corrected chi connectivity index (χ0v) is 37.8. The third kappa shape index (κ3) is 7.41. The average molecular weight is 893 g/mol. The lowest BCUT2D eigenvalue weighted by Crippen LogP contribution is -2.01. The minimum atomic E-state index is 0.597. The van der Waals surface area contributed by atoms with E-state index in [1.807, 2.05) is 121 Å². The van der Waals surface area contributed by atoms with Crippen molar-refractivity contribution in [2.45, 2.75) is 0 Å². The van der Waals surface area contributed by atoms with Crippen LogP contribution in [0.3, 0.4) is 0 Å². The fourth-order valence-corrected chi connectivity index (χ4v) is 9.77. The molecule has 0 spiro atoms. The molecule has 0 fully saturated rings. The number of rotatable bonds is 8. The molecule has 2 aromatic heterocycles. The monoisotopic (exact) mass is 892 g/mol. The Labute approximate surface area is 404 Å². The predicted octanol–water partition coefficient (Wildman–Crippen LogP) is 16.0. The van der Waals surface area contributed by atoms with Gasteiger partial charge in [0.15, 0.2) is 34.9 Å². The molecule has 0 N–H and O–H groups in total. The lowest BCUT2D eigenvalue weighted by molar-refractivity contribution is 1.07. The van der Waals surface area contributed by atoms with E-state index in [9.17, 15) is 0 Å². The molecule has 326 valence electrons. The molecule has 70 heavy (non-hydrogen) atoms. The average Bonchev–Trinajstić information content (AvgIpc) is 3.44. The van der Waals surface area contributed by atoms with E-state index >= 15 is 0 Å². The van der Waals surface area contributed by atoms with Crippen molar-refractivity contribution in [3.05, 3.63) is 243 Å². The molecule has 13 rings (SSSR count). The highest BCUT2D eigenvalue weighted by Crippen LogP contribution is 2.47. The molecule has 0 radical (unpaired) electrons. The summed E-state index contributed by atoms with van der Waals surface area (Å²) in [6, 6.07) is 84.6. The van der Waals surface area contributed by atoms with Crippen molar-refractivity contribution in [3.8, 4) is 90.6 Å². The molecule has 0 saturated carbocycles. The van der Waals surface area contributed by atoms with E-state index in [-0.39, 0.29) is 0 Å². The van der Waals surface area contributed by atoms with Crippen molar-refractivity contribution in [1.29, 1.82) is 0 Å². The summed E-state index contributed by atoms with van der Waals surface area (Å²) in [6.45, 7) is 0. The van der Waals surface area contributed by atoms with Crippen LogP contribution in [0.1, 0.15) is 0 Å². The van der Waals surface area contributed by atoms with Gasteiger partial charge in [-0.3, -0.25) is 0 Å². The zero-order chi connectivity index (χ0) is 46.4. The molecular formula is C64H40N6. The topological polar surface area (TPSA) is 77.3 Å². The Bertz CT molecular complexity index is 3980. The maximum absolute atomic E-state index is 5.20. The van der Waals surface area contributed by atoms with Crippen LogP contribution >= 0.6 is 0 Å². The zero-order valence-electron chi connectivity index (χ0n) is 37.8. The van der Waals surface area contributed by atoms with E-state index in [2.05, 4.69) is 121 Å². The molecule has 0 aliphatic rings. The van der Waals surface area contributed by atoms with Crippen LogP contribution in [0.15, 0.2) is 243 Å². The SMILES string of the molecule is c1ccc(-c2nc(-c3ccccc3)nc(-c3ccc4c(-c5cccc6ccccc56)c5cc(-c6nc(-c7ccccc7)nc(-c7ccccc7)n6)ccc5c(-c5ccc6ccccc6c5)c4c3)n2)cc1. The lowest BCUT2D eigenvalue weighted by atomic mass is 9.83. The van der Waals surface area contributed by atoms with Crippen molar-refractivity contribution in [1.82, 2.24) is 29.9 Å². The van der Waals surface area contributed by atoms with Crippen LogP contribution in [-0.4, -0.2) is 29.9 Å². The largest absolute Gasteiger partial charge is 0.208 e. The predicted molar refractivity (Wildman–Crippen MR) is 287 cm³/mol. The van der Waals surface area contributed by atoms with Gasteiger partial charge in [-0.1, -0.05) is 224 Å². The first-order valence-corrected chi connectivity index (χ1v) is 23.4. The minimum absolute atomic E-state index is 0.597. The van der Waals surface area contributed by atoms with E-state index in [1.165, 1.54) is 5.39 Å². The van der Waals surface area contributed by atoms with Gasteiger partial charge in [0.2, 0.25) is 0 Å². The molecule has 11 aromatic carbocycles. The second-order valence-corrected chi connectivity index (χ2v) is 17.4. The second kappa shape index (κ2) is 17.3. The Kier molecular flexibility index (Phi) is 10.1. The number of benzene rings is 11. The maximum Gasteiger partial charge on any atom is 0.164 e. The number of hydrogen-bond acceptors (Lipinski definition) is 6.